The van der Waals surface area contributed by atoms with Crippen LogP contribution < -0.4 is 0 Å². The zero-order chi connectivity index (χ0) is 12.0. The third kappa shape index (κ3) is 3.96. The van der Waals surface area contributed by atoms with E-state index in [4.69, 9.17) is 5.11 Å². The second-order valence-electron chi connectivity index (χ2n) is 3.26. The van der Waals surface area contributed by atoms with Gasteiger partial charge in [0, 0.05) is 18.1 Å². The summed E-state index contributed by atoms with van der Waals surface area (Å²) in [5.41, 5.74) is 0.533. The number of aliphatic hydroxyl groups is 1. The first-order valence-corrected chi connectivity index (χ1v) is 4.80. The van der Waals surface area contributed by atoms with E-state index in [1.165, 1.54) is 0 Å². The van der Waals surface area contributed by atoms with Crippen molar-refractivity contribution in [2.75, 3.05) is 0 Å². The molecule has 0 aliphatic rings. The predicted octanol–water partition coefficient (Wildman–Crippen LogP) is 2.02. The first-order valence-electron chi connectivity index (χ1n) is 4.80. The van der Waals surface area contributed by atoms with Crippen LogP contribution in [0.2, 0.25) is 0 Å². The number of allylic oxidation sites excluding steroid dienone is 1. The number of rotatable bonds is 5. The molecule has 0 spiro atoms. The third-order valence-electron chi connectivity index (χ3n) is 1.95. The Kier molecular flexibility index (Phi) is 4.27. The van der Waals surface area contributed by atoms with E-state index in [1.54, 1.807) is 30.3 Å². The lowest BCUT2D eigenvalue weighted by atomic mass is 10.1. The largest absolute Gasteiger partial charge is 0.507 e. The Hall–Kier alpha value is -2.10. The second-order valence-corrected chi connectivity index (χ2v) is 3.26. The van der Waals surface area contributed by atoms with E-state index in [2.05, 4.69) is 0 Å². The number of carbonyl (C=O) groups is 2. The zero-order valence-electron chi connectivity index (χ0n) is 8.59. The average Bonchev–Trinajstić information content (AvgIpc) is 2.27. The van der Waals surface area contributed by atoms with Gasteiger partial charge in [0.25, 0.3) is 0 Å². The Morgan fingerprint density at radius 2 is 1.69 bits per heavy atom. The van der Waals surface area contributed by atoms with Gasteiger partial charge in [-0.2, -0.15) is 0 Å². The molecule has 4 heteroatoms. The molecular formula is C12H12O4. The lowest BCUT2D eigenvalue weighted by molar-refractivity contribution is -0.138. The molecule has 0 radical (unpaired) electrons. The number of carbonyl (C=O) groups excluding carboxylic acids is 1. The van der Waals surface area contributed by atoms with E-state index in [1.807, 2.05) is 0 Å². The lowest BCUT2D eigenvalue weighted by Gasteiger charge is -1.98. The first-order chi connectivity index (χ1) is 7.59. The van der Waals surface area contributed by atoms with Gasteiger partial charge in [0.2, 0.25) is 0 Å². The van der Waals surface area contributed by atoms with Crippen LogP contribution in [0.1, 0.15) is 18.4 Å². The molecule has 0 amide bonds. The van der Waals surface area contributed by atoms with Crippen LogP contribution in [0.15, 0.2) is 36.4 Å². The monoisotopic (exact) mass is 220 g/mol. The fourth-order valence-electron chi connectivity index (χ4n) is 1.15. The van der Waals surface area contributed by atoms with E-state index < -0.39 is 11.8 Å². The molecule has 0 atom stereocenters. The Balaban J connectivity index is 2.63. The van der Waals surface area contributed by atoms with Crippen molar-refractivity contribution in [2.24, 2.45) is 0 Å². The average molecular weight is 220 g/mol. The molecule has 84 valence electrons. The Labute approximate surface area is 92.8 Å². The fraction of sp³-hybridized carbons (Fsp3) is 0.167. The van der Waals surface area contributed by atoms with Gasteiger partial charge in [0.1, 0.15) is 5.76 Å². The molecule has 1 aromatic rings. The smallest absolute Gasteiger partial charge is 0.303 e. The first kappa shape index (κ1) is 12.0. The Morgan fingerprint density at radius 3 is 2.25 bits per heavy atom. The highest BCUT2D eigenvalue weighted by Gasteiger charge is 2.05. The summed E-state index contributed by atoms with van der Waals surface area (Å²) in [6.45, 7) is 0. The van der Waals surface area contributed by atoms with Gasteiger partial charge in [-0.3, -0.25) is 9.59 Å². The van der Waals surface area contributed by atoms with Crippen molar-refractivity contribution >= 4 is 17.5 Å². The van der Waals surface area contributed by atoms with Gasteiger partial charge in [-0.1, -0.05) is 30.3 Å². The zero-order valence-corrected chi connectivity index (χ0v) is 8.59. The van der Waals surface area contributed by atoms with Crippen LogP contribution in [0.3, 0.4) is 0 Å². The van der Waals surface area contributed by atoms with Crippen molar-refractivity contribution in [2.45, 2.75) is 12.8 Å². The number of benzene rings is 1. The maximum atomic E-state index is 11.2. The number of ketones is 1. The summed E-state index contributed by atoms with van der Waals surface area (Å²) in [5, 5.41) is 17.9. The molecule has 0 fully saturated rings. The van der Waals surface area contributed by atoms with Gasteiger partial charge >= 0.3 is 5.97 Å². The van der Waals surface area contributed by atoms with Crippen LogP contribution in [0.4, 0.5) is 0 Å². The van der Waals surface area contributed by atoms with Gasteiger partial charge < -0.3 is 10.2 Å². The number of carboxylic acids is 1. The molecule has 0 heterocycles. The number of carboxylic acid groups (broad SMARTS) is 1. The number of hydrogen-bond acceptors (Lipinski definition) is 3. The van der Waals surface area contributed by atoms with Gasteiger partial charge in [0.05, 0.1) is 6.42 Å². The molecule has 0 aromatic heterocycles. The fourth-order valence-corrected chi connectivity index (χ4v) is 1.15. The summed E-state index contributed by atoms with van der Waals surface area (Å²) >= 11 is 0. The van der Waals surface area contributed by atoms with Crippen molar-refractivity contribution in [3.8, 4) is 0 Å². The van der Waals surface area contributed by atoms with Crippen LogP contribution in [0, 0.1) is 0 Å². The maximum Gasteiger partial charge on any atom is 0.303 e. The summed E-state index contributed by atoms with van der Waals surface area (Å²) in [4.78, 5) is 21.5. The lowest BCUT2D eigenvalue weighted by Crippen LogP contribution is -2.01. The maximum absolute atomic E-state index is 11.2. The molecule has 4 nitrogen and oxygen atoms in total. The highest BCUT2D eigenvalue weighted by atomic mass is 16.4. The van der Waals surface area contributed by atoms with Gasteiger partial charge in [-0.25, -0.2) is 0 Å². The van der Waals surface area contributed by atoms with Crippen molar-refractivity contribution in [1.29, 1.82) is 0 Å². The van der Waals surface area contributed by atoms with E-state index in [0.717, 1.165) is 6.08 Å². The molecule has 0 unspecified atom stereocenters. The number of aliphatic carboxylic acids is 1. The summed E-state index contributed by atoms with van der Waals surface area (Å²) in [6.07, 6.45) is 0.724. The molecule has 0 bridgehead atoms. The summed E-state index contributed by atoms with van der Waals surface area (Å²) in [5.74, 6) is -1.57. The molecular weight excluding hydrogens is 208 g/mol. The normalized spacial score (nSPS) is 11.1. The number of aliphatic hydroxyl groups excluding tert-OH is 1. The number of hydrogen-bond donors (Lipinski definition) is 2. The van der Waals surface area contributed by atoms with Gasteiger partial charge in [0.15, 0.2) is 5.78 Å². The van der Waals surface area contributed by atoms with E-state index >= 15 is 0 Å². The highest BCUT2D eigenvalue weighted by Crippen LogP contribution is 2.10. The van der Waals surface area contributed by atoms with Crippen LogP contribution in [-0.4, -0.2) is 22.0 Å². The van der Waals surface area contributed by atoms with E-state index in [0.29, 0.717) is 5.56 Å². The molecule has 0 aliphatic carbocycles. The second kappa shape index (κ2) is 5.70. The highest BCUT2D eigenvalue weighted by molar-refractivity contribution is 5.96. The Morgan fingerprint density at radius 1 is 1.06 bits per heavy atom. The van der Waals surface area contributed by atoms with Crippen LogP contribution in [0.25, 0.3) is 5.76 Å². The molecule has 0 saturated carbocycles. The summed E-state index contributed by atoms with van der Waals surface area (Å²) < 4.78 is 0. The third-order valence-corrected chi connectivity index (χ3v) is 1.95. The minimum Gasteiger partial charge on any atom is -0.507 e. The van der Waals surface area contributed by atoms with Crippen LogP contribution in [-0.2, 0) is 9.59 Å². The van der Waals surface area contributed by atoms with Crippen LogP contribution in [0.5, 0.6) is 0 Å². The SMILES string of the molecule is O=C(O)CCC(=O)C=C(O)c1ccccc1. The standard InChI is InChI=1S/C12H12O4/c13-10(6-7-12(15)16)8-11(14)9-4-2-1-3-5-9/h1-5,8,14H,6-7H2,(H,15,16). The minimum atomic E-state index is -1.03. The topological polar surface area (TPSA) is 74.6 Å². The van der Waals surface area contributed by atoms with Crippen molar-refractivity contribution in [3.63, 3.8) is 0 Å². The molecule has 1 rings (SSSR count). The molecule has 16 heavy (non-hydrogen) atoms. The van der Waals surface area contributed by atoms with Gasteiger partial charge in [-0.15, -0.1) is 0 Å². The summed E-state index contributed by atoms with van der Waals surface area (Å²) in [6, 6.07) is 8.60. The Bertz CT molecular complexity index is 406. The molecule has 0 aliphatic heterocycles. The van der Waals surface area contributed by atoms with E-state index in [-0.39, 0.29) is 18.6 Å². The van der Waals surface area contributed by atoms with Gasteiger partial charge in [-0.05, 0) is 0 Å². The summed E-state index contributed by atoms with van der Waals surface area (Å²) in [7, 11) is 0. The quantitative estimate of drug-likeness (QED) is 0.588. The molecule has 0 saturated heterocycles. The van der Waals surface area contributed by atoms with Crippen LogP contribution >= 0.6 is 0 Å². The van der Waals surface area contributed by atoms with Crippen molar-refractivity contribution < 1.29 is 19.8 Å². The minimum absolute atomic E-state index is 0.105. The predicted molar refractivity (Wildman–Crippen MR) is 58.9 cm³/mol. The molecule has 1 aromatic carbocycles. The van der Waals surface area contributed by atoms with E-state index in [9.17, 15) is 14.7 Å². The van der Waals surface area contributed by atoms with Crippen molar-refractivity contribution in [3.05, 3.63) is 42.0 Å². The van der Waals surface area contributed by atoms with Crippen molar-refractivity contribution in [1.82, 2.24) is 0 Å². The molecule has 2 N–H and O–H groups in total.